The molecular weight excluding hydrogens is 302 g/mol. The molecule has 0 unspecified atom stereocenters. The third kappa shape index (κ3) is 4.31. The maximum atomic E-state index is 12.0. The highest BCUT2D eigenvalue weighted by Crippen LogP contribution is 2.28. The first-order chi connectivity index (χ1) is 10.6. The molecule has 7 heteroatoms. The molecule has 0 atom stereocenters. The molecule has 2 amide bonds. The van der Waals surface area contributed by atoms with Crippen molar-refractivity contribution in [2.75, 3.05) is 24.3 Å². The number of nitrogens with one attached hydrogen (secondary N) is 2. The Morgan fingerprint density at radius 3 is 2.68 bits per heavy atom. The van der Waals surface area contributed by atoms with Crippen LogP contribution in [0.25, 0.3) is 0 Å². The van der Waals surface area contributed by atoms with Crippen LogP contribution in [0.4, 0.5) is 11.4 Å². The van der Waals surface area contributed by atoms with E-state index in [2.05, 4.69) is 10.6 Å². The zero-order valence-corrected chi connectivity index (χ0v) is 12.9. The van der Waals surface area contributed by atoms with E-state index in [-0.39, 0.29) is 18.4 Å². The van der Waals surface area contributed by atoms with Crippen molar-refractivity contribution in [2.45, 2.75) is 6.42 Å². The molecule has 2 rings (SSSR count). The lowest BCUT2D eigenvalue weighted by Crippen LogP contribution is -2.22. The Morgan fingerprint density at radius 1 is 1.23 bits per heavy atom. The van der Waals surface area contributed by atoms with Crippen molar-refractivity contribution in [3.63, 3.8) is 0 Å². The van der Waals surface area contributed by atoms with Crippen LogP contribution in [0.15, 0.2) is 35.7 Å². The monoisotopic (exact) mass is 319 g/mol. The van der Waals surface area contributed by atoms with Crippen LogP contribution in [0.1, 0.15) is 4.88 Å². The van der Waals surface area contributed by atoms with Crippen molar-refractivity contribution in [1.82, 2.24) is 0 Å². The molecule has 0 bridgehead atoms. The van der Waals surface area contributed by atoms with Crippen molar-refractivity contribution in [3.05, 3.63) is 40.6 Å². The fourth-order valence-corrected chi connectivity index (χ4v) is 2.56. The number of methoxy groups -OCH3 is 1. The molecule has 0 aliphatic heterocycles. The van der Waals surface area contributed by atoms with Crippen LogP contribution < -0.4 is 21.1 Å². The number of amides is 2. The first-order valence-electron chi connectivity index (χ1n) is 6.62. The summed E-state index contributed by atoms with van der Waals surface area (Å²) in [7, 11) is 1.50. The molecule has 4 N–H and O–H groups in total. The third-order valence-corrected chi connectivity index (χ3v) is 3.73. The third-order valence-electron chi connectivity index (χ3n) is 2.86. The van der Waals surface area contributed by atoms with Crippen molar-refractivity contribution >= 4 is 34.5 Å². The summed E-state index contributed by atoms with van der Waals surface area (Å²) < 4.78 is 5.17. The van der Waals surface area contributed by atoms with Gasteiger partial charge in [-0.2, -0.15) is 0 Å². The van der Waals surface area contributed by atoms with E-state index in [1.165, 1.54) is 18.4 Å². The van der Waals surface area contributed by atoms with Crippen LogP contribution in [0.3, 0.4) is 0 Å². The van der Waals surface area contributed by atoms with Crippen molar-refractivity contribution < 1.29 is 14.3 Å². The molecule has 116 valence electrons. The lowest BCUT2D eigenvalue weighted by atomic mass is 10.2. The van der Waals surface area contributed by atoms with Crippen LogP contribution in [-0.2, 0) is 16.0 Å². The smallest absolute Gasteiger partial charge is 0.238 e. The minimum Gasteiger partial charge on any atom is -0.495 e. The van der Waals surface area contributed by atoms with E-state index < -0.39 is 0 Å². The van der Waals surface area contributed by atoms with Gasteiger partial charge in [-0.1, -0.05) is 6.07 Å². The molecule has 0 saturated carbocycles. The minimum atomic E-state index is -0.333. The molecule has 0 spiro atoms. The van der Waals surface area contributed by atoms with Crippen LogP contribution >= 0.6 is 11.3 Å². The number of ether oxygens (including phenoxy) is 1. The predicted molar refractivity (Wildman–Crippen MR) is 87.3 cm³/mol. The van der Waals surface area contributed by atoms with Gasteiger partial charge in [0.1, 0.15) is 5.75 Å². The summed E-state index contributed by atoms with van der Waals surface area (Å²) in [6, 6.07) is 8.83. The molecule has 2 aromatic rings. The Morgan fingerprint density at radius 2 is 2.05 bits per heavy atom. The van der Waals surface area contributed by atoms with Crippen LogP contribution in [-0.4, -0.2) is 25.5 Å². The molecule has 0 saturated heterocycles. The van der Waals surface area contributed by atoms with Gasteiger partial charge in [0.05, 0.1) is 25.8 Å². The molecule has 0 aliphatic rings. The lowest BCUT2D eigenvalue weighted by Gasteiger charge is -2.12. The SMILES string of the molecule is COc1ccc(NC(=O)Cc2cccs2)cc1NC(=O)CN. The van der Waals surface area contributed by atoms with E-state index in [1.54, 1.807) is 18.2 Å². The summed E-state index contributed by atoms with van der Waals surface area (Å²) >= 11 is 1.53. The molecule has 1 heterocycles. The Labute approximate surface area is 132 Å². The highest BCUT2D eigenvalue weighted by Gasteiger charge is 2.10. The van der Waals surface area contributed by atoms with E-state index in [0.29, 0.717) is 23.5 Å². The van der Waals surface area contributed by atoms with Gasteiger partial charge in [0.15, 0.2) is 0 Å². The van der Waals surface area contributed by atoms with E-state index in [1.807, 2.05) is 17.5 Å². The topological polar surface area (TPSA) is 93.5 Å². The summed E-state index contributed by atoms with van der Waals surface area (Å²) in [6.45, 7) is -0.127. The van der Waals surface area contributed by atoms with E-state index in [4.69, 9.17) is 10.5 Å². The van der Waals surface area contributed by atoms with Crippen molar-refractivity contribution in [3.8, 4) is 5.75 Å². The van der Waals surface area contributed by atoms with Gasteiger partial charge in [0.25, 0.3) is 0 Å². The van der Waals surface area contributed by atoms with E-state index >= 15 is 0 Å². The Bertz CT molecular complexity index is 656. The van der Waals surface area contributed by atoms with Gasteiger partial charge in [0.2, 0.25) is 11.8 Å². The lowest BCUT2D eigenvalue weighted by molar-refractivity contribution is -0.116. The number of hydrogen-bond acceptors (Lipinski definition) is 5. The second-order valence-electron chi connectivity index (χ2n) is 4.47. The zero-order valence-electron chi connectivity index (χ0n) is 12.1. The summed E-state index contributed by atoms with van der Waals surface area (Å²) in [5, 5.41) is 7.35. The van der Waals surface area contributed by atoms with Crippen molar-refractivity contribution in [1.29, 1.82) is 0 Å². The van der Waals surface area contributed by atoms with Gasteiger partial charge >= 0.3 is 0 Å². The van der Waals surface area contributed by atoms with Gasteiger partial charge in [-0.15, -0.1) is 11.3 Å². The quantitative estimate of drug-likeness (QED) is 0.757. The highest BCUT2D eigenvalue weighted by atomic mass is 32.1. The zero-order chi connectivity index (χ0) is 15.9. The Balaban J connectivity index is 2.08. The van der Waals surface area contributed by atoms with Gasteiger partial charge in [-0.3, -0.25) is 9.59 Å². The molecule has 0 fully saturated rings. The first kappa shape index (κ1) is 16.0. The molecule has 1 aromatic carbocycles. The summed E-state index contributed by atoms with van der Waals surface area (Å²) in [5.74, 6) is 0.0436. The average Bonchev–Trinajstić information content (AvgIpc) is 3.00. The van der Waals surface area contributed by atoms with Crippen LogP contribution in [0.5, 0.6) is 5.75 Å². The number of carbonyl (C=O) groups excluding carboxylic acids is 2. The number of nitrogens with two attached hydrogens (primary N) is 1. The number of thiophene rings is 1. The first-order valence-corrected chi connectivity index (χ1v) is 7.50. The fraction of sp³-hybridized carbons (Fsp3) is 0.200. The summed E-state index contributed by atoms with van der Waals surface area (Å²) in [4.78, 5) is 24.4. The fourth-order valence-electron chi connectivity index (χ4n) is 1.86. The largest absolute Gasteiger partial charge is 0.495 e. The standard InChI is InChI=1S/C15H17N3O3S/c1-21-13-5-4-10(7-12(13)18-15(20)9-16)17-14(19)8-11-3-2-6-22-11/h2-7H,8-9,16H2,1H3,(H,17,19)(H,18,20). The van der Waals surface area contributed by atoms with Crippen LogP contribution in [0, 0.1) is 0 Å². The van der Waals surface area contributed by atoms with Gasteiger partial charge in [-0.25, -0.2) is 0 Å². The number of anilines is 2. The van der Waals surface area contributed by atoms with Gasteiger partial charge < -0.3 is 21.1 Å². The average molecular weight is 319 g/mol. The second kappa shape index (κ2) is 7.58. The van der Waals surface area contributed by atoms with Crippen LogP contribution in [0.2, 0.25) is 0 Å². The minimum absolute atomic E-state index is 0.122. The number of rotatable bonds is 6. The number of hydrogen-bond donors (Lipinski definition) is 3. The molecule has 0 radical (unpaired) electrons. The second-order valence-corrected chi connectivity index (χ2v) is 5.50. The molecule has 6 nitrogen and oxygen atoms in total. The van der Waals surface area contributed by atoms with Gasteiger partial charge in [-0.05, 0) is 29.6 Å². The van der Waals surface area contributed by atoms with E-state index in [0.717, 1.165) is 4.88 Å². The van der Waals surface area contributed by atoms with Gasteiger partial charge in [0, 0.05) is 10.6 Å². The number of benzene rings is 1. The maximum absolute atomic E-state index is 12.0. The number of carbonyl (C=O) groups is 2. The summed E-state index contributed by atoms with van der Waals surface area (Å²) in [5.41, 5.74) is 6.33. The predicted octanol–water partition coefficient (Wildman–Crippen LogP) is 1.84. The maximum Gasteiger partial charge on any atom is 0.238 e. The molecule has 0 aliphatic carbocycles. The van der Waals surface area contributed by atoms with Crippen molar-refractivity contribution in [2.24, 2.45) is 5.73 Å². The Hall–Kier alpha value is -2.38. The highest BCUT2D eigenvalue weighted by molar-refractivity contribution is 7.10. The molecule has 22 heavy (non-hydrogen) atoms. The molecule has 1 aromatic heterocycles. The van der Waals surface area contributed by atoms with E-state index in [9.17, 15) is 9.59 Å². The molecular formula is C15H17N3O3S. The Kier molecular flexibility index (Phi) is 5.51. The summed E-state index contributed by atoms with van der Waals surface area (Å²) in [6.07, 6.45) is 0.314. The normalized spacial score (nSPS) is 10.1.